The zero-order valence-electron chi connectivity index (χ0n) is 25.5. The summed E-state index contributed by atoms with van der Waals surface area (Å²) in [6.07, 6.45) is 3.11. The SMILES string of the molecule is CC(F)(F)c1cc(CCN(Cc2ccccc2)C(=O)C(c2ccccc2)N2CCC(N3CCCCC3)CC2)cc(C(F)F)c1. The molecule has 2 heterocycles. The molecule has 2 fully saturated rings. The average Bonchev–Trinajstić information content (AvgIpc) is 3.04. The lowest BCUT2D eigenvalue weighted by molar-refractivity contribution is -0.138. The van der Waals surface area contributed by atoms with Crippen LogP contribution in [0.1, 0.15) is 79.3 Å². The zero-order valence-corrected chi connectivity index (χ0v) is 25.5. The molecule has 44 heavy (non-hydrogen) atoms. The van der Waals surface area contributed by atoms with Crippen molar-refractivity contribution in [2.45, 2.75) is 76.4 Å². The second-order valence-corrected chi connectivity index (χ2v) is 12.3. The van der Waals surface area contributed by atoms with Crippen LogP contribution in [0, 0.1) is 0 Å². The number of hydrogen-bond acceptors (Lipinski definition) is 3. The molecule has 5 rings (SSSR count). The molecule has 2 aliphatic rings. The first kappa shape index (κ1) is 32.2. The van der Waals surface area contributed by atoms with Crippen molar-refractivity contribution in [3.05, 3.63) is 107 Å². The van der Waals surface area contributed by atoms with E-state index in [1.54, 1.807) is 4.90 Å². The van der Waals surface area contributed by atoms with Crippen molar-refractivity contribution in [3.63, 3.8) is 0 Å². The maximum atomic E-state index is 14.6. The van der Waals surface area contributed by atoms with Gasteiger partial charge in [0.25, 0.3) is 12.3 Å². The number of piperidine rings is 2. The fraction of sp³-hybridized carbons (Fsp3) is 0.472. The first-order chi connectivity index (χ1) is 21.2. The molecule has 0 aliphatic carbocycles. The van der Waals surface area contributed by atoms with Crippen LogP contribution < -0.4 is 0 Å². The highest BCUT2D eigenvalue weighted by Crippen LogP contribution is 2.33. The molecule has 0 bridgehead atoms. The van der Waals surface area contributed by atoms with Crippen molar-refractivity contribution in [3.8, 4) is 0 Å². The summed E-state index contributed by atoms with van der Waals surface area (Å²) in [4.78, 5) is 21.2. The van der Waals surface area contributed by atoms with Crippen LogP contribution in [0.25, 0.3) is 0 Å². The molecule has 3 aromatic rings. The quantitative estimate of drug-likeness (QED) is 0.206. The molecule has 1 unspecified atom stereocenters. The maximum Gasteiger partial charge on any atom is 0.270 e. The van der Waals surface area contributed by atoms with Gasteiger partial charge in [-0.15, -0.1) is 0 Å². The summed E-state index contributed by atoms with van der Waals surface area (Å²) < 4.78 is 55.8. The van der Waals surface area contributed by atoms with Crippen LogP contribution in [0.2, 0.25) is 0 Å². The Morgan fingerprint density at radius 2 is 1.48 bits per heavy atom. The largest absolute Gasteiger partial charge is 0.336 e. The first-order valence-electron chi connectivity index (χ1n) is 15.8. The smallest absolute Gasteiger partial charge is 0.270 e. The molecular formula is C36H43F4N3O. The number of benzene rings is 3. The van der Waals surface area contributed by atoms with Gasteiger partial charge in [-0.3, -0.25) is 9.69 Å². The second-order valence-electron chi connectivity index (χ2n) is 12.3. The minimum absolute atomic E-state index is 0.0671. The molecule has 1 atom stereocenters. The van der Waals surface area contributed by atoms with E-state index in [4.69, 9.17) is 0 Å². The van der Waals surface area contributed by atoms with E-state index in [9.17, 15) is 22.4 Å². The van der Waals surface area contributed by atoms with Gasteiger partial charge < -0.3 is 9.80 Å². The van der Waals surface area contributed by atoms with Crippen molar-refractivity contribution < 1.29 is 22.4 Å². The lowest BCUT2D eigenvalue weighted by atomic mass is 9.95. The third-order valence-corrected chi connectivity index (χ3v) is 9.09. The van der Waals surface area contributed by atoms with Gasteiger partial charge in [0, 0.05) is 50.3 Å². The van der Waals surface area contributed by atoms with Crippen molar-refractivity contribution >= 4 is 5.91 Å². The van der Waals surface area contributed by atoms with E-state index in [2.05, 4.69) is 9.80 Å². The van der Waals surface area contributed by atoms with E-state index < -0.39 is 29.5 Å². The standard InChI is InChI=1S/C36H43F4N3O/c1-36(39,40)31-24-28(23-30(25-31)34(37)38)15-20-43(26-27-11-5-2-6-12-27)35(44)33(29-13-7-3-8-14-29)42-21-16-32(17-22-42)41-18-9-4-10-19-41/h2-3,5-8,11-14,23-25,32-34H,4,9-10,15-22,26H2,1H3. The summed E-state index contributed by atoms with van der Waals surface area (Å²) in [5.74, 6) is -3.32. The van der Waals surface area contributed by atoms with Crippen LogP contribution >= 0.6 is 0 Å². The Labute approximate surface area is 258 Å². The van der Waals surface area contributed by atoms with Gasteiger partial charge in [-0.2, -0.15) is 0 Å². The van der Waals surface area contributed by atoms with Gasteiger partial charge in [-0.05, 0) is 74.0 Å². The molecule has 236 valence electrons. The van der Waals surface area contributed by atoms with E-state index in [0.29, 0.717) is 25.1 Å². The van der Waals surface area contributed by atoms with E-state index in [1.165, 1.54) is 31.4 Å². The van der Waals surface area contributed by atoms with Gasteiger partial charge >= 0.3 is 0 Å². The first-order valence-corrected chi connectivity index (χ1v) is 15.8. The predicted octanol–water partition coefficient (Wildman–Crippen LogP) is 8.00. The summed E-state index contributed by atoms with van der Waals surface area (Å²) in [5.41, 5.74) is 1.35. The summed E-state index contributed by atoms with van der Waals surface area (Å²) in [6, 6.07) is 22.9. The van der Waals surface area contributed by atoms with Crippen molar-refractivity contribution in [1.29, 1.82) is 0 Å². The maximum absolute atomic E-state index is 14.6. The number of nitrogens with zero attached hydrogens (tertiary/aromatic N) is 3. The number of alkyl halides is 4. The van der Waals surface area contributed by atoms with Crippen molar-refractivity contribution in [1.82, 2.24) is 14.7 Å². The lowest BCUT2D eigenvalue weighted by Gasteiger charge is -2.43. The molecule has 0 radical (unpaired) electrons. The van der Waals surface area contributed by atoms with Gasteiger partial charge in [0.1, 0.15) is 6.04 Å². The third kappa shape index (κ3) is 8.27. The molecule has 0 saturated carbocycles. The fourth-order valence-corrected chi connectivity index (χ4v) is 6.69. The molecule has 0 aromatic heterocycles. The number of likely N-dealkylation sites (tertiary alicyclic amines) is 2. The highest BCUT2D eigenvalue weighted by molar-refractivity contribution is 5.83. The van der Waals surface area contributed by atoms with Crippen LogP contribution in [0.5, 0.6) is 0 Å². The lowest BCUT2D eigenvalue weighted by Crippen LogP contribution is -2.50. The third-order valence-electron chi connectivity index (χ3n) is 9.09. The zero-order chi connectivity index (χ0) is 31.1. The number of hydrogen-bond donors (Lipinski definition) is 0. The Hall–Kier alpha value is -3.23. The molecule has 3 aromatic carbocycles. The van der Waals surface area contributed by atoms with Gasteiger partial charge in [0.2, 0.25) is 5.91 Å². The summed E-state index contributed by atoms with van der Waals surface area (Å²) in [6.45, 7) is 5.16. The van der Waals surface area contributed by atoms with Gasteiger partial charge in [-0.25, -0.2) is 17.6 Å². The van der Waals surface area contributed by atoms with E-state index in [1.807, 2.05) is 60.7 Å². The Bertz CT molecular complexity index is 1330. The molecule has 2 saturated heterocycles. The molecule has 1 amide bonds. The summed E-state index contributed by atoms with van der Waals surface area (Å²) in [7, 11) is 0. The van der Waals surface area contributed by atoms with Crippen LogP contribution in [0.3, 0.4) is 0 Å². The van der Waals surface area contributed by atoms with Gasteiger partial charge in [0.05, 0.1) is 0 Å². The monoisotopic (exact) mass is 609 g/mol. The predicted molar refractivity (Wildman–Crippen MR) is 166 cm³/mol. The van der Waals surface area contributed by atoms with Crippen molar-refractivity contribution in [2.75, 3.05) is 32.7 Å². The highest BCUT2D eigenvalue weighted by Gasteiger charge is 2.35. The van der Waals surface area contributed by atoms with E-state index in [-0.39, 0.29) is 18.9 Å². The minimum Gasteiger partial charge on any atom is -0.336 e. The van der Waals surface area contributed by atoms with E-state index in [0.717, 1.165) is 56.2 Å². The highest BCUT2D eigenvalue weighted by atomic mass is 19.3. The molecule has 4 nitrogen and oxygen atoms in total. The molecular weight excluding hydrogens is 566 g/mol. The van der Waals surface area contributed by atoms with E-state index >= 15 is 0 Å². The number of rotatable bonds is 11. The summed E-state index contributed by atoms with van der Waals surface area (Å²) >= 11 is 0. The molecule has 2 aliphatic heterocycles. The van der Waals surface area contributed by atoms with Gasteiger partial charge in [0.15, 0.2) is 0 Å². The van der Waals surface area contributed by atoms with Crippen LogP contribution in [-0.2, 0) is 23.7 Å². The number of amides is 1. The number of carbonyl (C=O) groups excluding carboxylic acids is 1. The normalized spacial score (nSPS) is 18.0. The molecule has 0 spiro atoms. The molecule has 0 N–H and O–H groups in total. The minimum atomic E-state index is -3.25. The Morgan fingerprint density at radius 1 is 0.841 bits per heavy atom. The van der Waals surface area contributed by atoms with Crippen LogP contribution in [0.15, 0.2) is 78.9 Å². The topological polar surface area (TPSA) is 26.8 Å². The van der Waals surface area contributed by atoms with Gasteiger partial charge in [-0.1, -0.05) is 73.2 Å². The number of carbonyl (C=O) groups is 1. The Morgan fingerprint density at radius 3 is 2.09 bits per heavy atom. The van der Waals surface area contributed by atoms with Crippen molar-refractivity contribution in [2.24, 2.45) is 0 Å². The Kier molecular flexibility index (Phi) is 10.7. The molecule has 8 heteroatoms. The number of halogens is 4. The van der Waals surface area contributed by atoms with Crippen LogP contribution in [0.4, 0.5) is 17.6 Å². The average molecular weight is 610 g/mol. The summed E-state index contributed by atoms with van der Waals surface area (Å²) in [5, 5.41) is 0. The fourth-order valence-electron chi connectivity index (χ4n) is 6.69. The second kappa shape index (κ2) is 14.7. The Balaban J connectivity index is 1.40. The van der Waals surface area contributed by atoms with Crippen LogP contribution in [-0.4, -0.2) is 59.4 Å².